The van der Waals surface area contributed by atoms with Crippen LogP contribution in [0.3, 0.4) is 0 Å². The van der Waals surface area contributed by atoms with Gasteiger partial charge in [-0.2, -0.15) is 0 Å². The maximum atomic E-state index is 13.0. The van der Waals surface area contributed by atoms with E-state index >= 15 is 0 Å². The highest BCUT2D eigenvalue weighted by atomic mass is 19.1. The normalized spacial score (nSPS) is 15.1. The van der Waals surface area contributed by atoms with E-state index < -0.39 is 12.1 Å². The first-order valence-corrected chi connectivity index (χ1v) is 11.4. The van der Waals surface area contributed by atoms with Gasteiger partial charge in [0.15, 0.2) is 0 Å². The van der Waals surface area contributed by atoms with Crippen molar-refractivity contribution in [2.45, 2.75) is 58.2 Å². The van der Waals surface area contributed by atoms with E-state index in [0.717, 1.165) is 37.3 Å². The van der Waals surface area contributed by atoms with Gasteiger partial charge in [-0.25, -0.2) is 9.18 Å². The summed E-state index contributed by atoms with van der Waals surface area (Å²) in [7, 11) is 0. The summed E-state index contributed by atoms with van der Waals surface area (Å²) in [6, 6.07) is 12.8. The Morgan fingerprint density at radius 2 is 1.78 bits per heavy atom. The fourth-order valence-corrected chi connectivity index (χ4v) is 3.90. The lowest BCUT2D eigenvalue weighted by Crippen LogP contribution is -2.47. The summed E-state index contributed by atoms with van der Waals surface area (Å²) < 4.78 is 13.0. The average Bonchev–Trinajstić information content (AvgIpc) is 2.79. The van der Waals surface area contributed by atoms with Crippen LogP contribution >= 0.6 is 0 Å². The molecule has 0 aliphatic carbocycles. The predicted molar refractivity (Wildman–Crippen MR) is 125 cm³/mol. The third-order valence-corrected chi connectivity index (χ3v) is 5.61. The highest BCUT2D eigenvalue weighted by Crippen LogP contribution is 2.17. The van der Waals surface area contributed by atoms with E-state index in [1.807, 2.05) is 25.1 Å². The molecule has 7 heteroatoms. The van der Waals surface area contributed by atoms with Crippen molar-refractivity contribution in [3.8, 4) is 0 Å². The lowest BCUT2D eigenvalue weighted by molar-refractivity contribution is -0.118. The molecule has 1 unspecified atom stereocenters. The van der Waals surface area contributed by atoms with Gasteiger partial charge in [0, 0.05) is 18.8 Å². The van der Waals surface area contributed by atoms with Gasteiger partial charge in [0.1, 0.15) is 11.9 Å². The number of benzene rings is 2. The standard InChI is InChI=1S/C25H33FN4O2/c1-2-7-23(29-25(32)27-17-19-10-12-21(26)13-11-19)24(31)28-22-9-6-8-20(16-22)18-30-14-4-3-5-15-30/h6,8-13,16,23H,2-5,7,14-15,17-18H2,1H3,(H,28,31)(H2,27,29,32). The molecule has 0 aromatic heterocycles. The minimum Gasteiger partial charge on any atom is -0.334 e. The number of hydrogen-bond donors (Lipinski definition) is 3. The maximum Gasteiger partial charge on any atom is 0.315 e. The van der Waals surface area contributed by atoms with Crippen LogP contribution in [0.25, 0.3) is 0 Å². The number of carbonyl (C=O) groups excluding carboxylic acids is 2. The largest absolute Gasteiger partial charge is 0.334 e. The van der Waals surface area contributed by atoms with Crippen LogP contribution in [0.2, 0.25) is 0 Å². The molecular weight excluding hydrogens is 407 g/mol. The summed E-state index contributed by atoms with van der Waals surface area (Å²) in [5, 5.41) is 8.43. The van der Waals surface area contributed by atoms with Gasteiger partial charge >= 0.3 is 6.03 Å². The van der Waals surface area contributed by atoms with Crippen LogP contribution in [-0.2, 0) is 17.9 Å². The summed E-state index contributed by atoms with van der Waals surface area (Å²) in [6.45, 7) is 5.34. The smallest absolute Gasteiger partial charge is 0.315 e. The Balaban J connectivity index is 1.53. The highest BCUT2D eigenvalue weighted by molar-refractivity contribution is 5.97. The topological polar surface area (TPSA) is 73.5 Å². The SMILES string of the molecule is CCCC(NC(=O)NCc1ccc(F)cc1)C(=O)Nc1cccc(CN2CCCCC2)c1. The maximum absolute atomic E-state index is 13.0. The number of amides is 3. The average molecular weight is 441 g/mol. The Labute approximate surface area is 189 Å². The zero-order chi connectivity index (χ0) is 22.8. The van der Waals surface area contributed by atoms with Gasteiger partial charge in [0.05, 0.1) is 0 Å². The van der Waals surface area contributed by atoms with Crippen LogP contribution < -0.4 is 16.0 Å². The number of nitrogens with zero attached hydrogens (tertiary/aromatic N) is 1. The molecule has 1 aliphatic heterocycles. The second kappa shape index (κ2) is 12.2. The van der Waals surface area contributed by atoms with Crippen molar-refractivity contribution in [3.63, 3.8) is 0 Å². The van der Waals surface area contributed by atoms with Crippen molar-refractivity contribution in [2.24, 2.45) is 0 Å². The minimum absolute atomic E-state index is 0.237. The molecule has 172 valence electrons. The summed E-state index contributed by atoms with van der Waals surface area (Å²) in [6.07, 6.45) is 5.07. The zero-order valence-electron chi connectivity index (χ0n) is 18.7. The molecule has 0 bridgehead atoms. The molecule has 1 heterocycles. The third-order valence-electron chi connectivity index (χ3n) is 5.61. The zero-order valence-corrected chi connectivity index (χ0v) is 18.7. The van der Waals surface area contributed by atoms with E-state index in [1.54, 1.807) is 12.1 Å². The number of piperidine rings is 1. The van der Waals surface area contributed by atoms with Gasteiger partial charge in [-0.3, -0.25) is 9.69 Å². The van der Waals surface area contributed by atoms with Crippen LogP contribution in [0.4, 0.5) is 14.9 Å². The number of rotatable bonds is 9. The monoisotopic (exact) mass is 440 g/mol. The van der Waals surface area contributed by atoms with E-state index in [2.05, 4.69) is 26.9 Å². The van der Waals surface area contributed by atoms with Crippen LogP contribution in [0, 0.1) is 5.82 Å². The number of anilines is 1. The third kappa shape index (κ3) is 7.64. The van der Waals surface area contributed by atoms with Crippen molar-refractivity contribution in [2.75, 3.05) is 18.4 Å². The van der Waals surface area contributed by atoms with Crippen LogP contribution in [0.5, 0.6) is 0 Å². The number of nitrogens with one attached hydrogen (secondary N) is 3. The highest BCUT2D eigenvalue weighted by Gasteiger charge is 2.20. The van der Waals surface area contributed by atoms with Crippen molar-refractivity contribution in [1.29, 1.82) is 0 Å². The van der Waals surface area contributed by atoms with Gasteiger partial charge in [-0.15, -0.1) is 0 Å². The number of carbonyl (C=O) groups is 2. The first-order valence-electron chi connectivity index (χ1n) is 11.4. The Kier molecular flexibility index (Phi) is 9.04. The van der Waals surface area contributed by atoms with Gasteiger partial charge in [0.25, 0.3) is 0 Å². The molecule has 1 fully saturated rings. The van der Waals surface area contributed by atoms with Gasteiger partial charge in [0.2, 0.25) is 5.91 Å². The number of likely N-dealkylation sites (tertiary alicyclic amines) is 1. The van der Waals surface area contributed by atoms with Crippen LogP contribution in [-0.4, -0.2) is 36.0 Å². The number of halogens is 1. The summed E-state index contributed by atoms with van der Waals surface area (Å²) in [4.78, 5) is 27.6. The van der Waals surface area contributed by atoms with E-state index in [0.29, 0.717) is 6.42 Å². The van der Waals surface area contributed by atoms with Gasteiger partial charge in [-0.1, -0.05) is 44.0 Å². The van der Waals surface area contributed by atoms with Gasteiger partial charge in [-0.05, 0) is 67.7 Å². The van der Waals surface area contributed by atoms with E-state index in [1.165, 1.54) is 37.0 Å². The molecule has 0 spiro atoms. The lowest BCUT2D eigenvalue weighted by atomic mass is 10.1. The lowest BCUT2D eigenvalue weighted by Gasteiger charge is -2.26. The Bertz CT molecular complexity index is 882. The molecular formula is C25H33FN4O2. The van der Waals surface area contributed by atoms with Crippen LogP contribution in [0.15, 0.2) is 48.5 Å². The Hall–Kier alpha value is -2.93. The first kappa shape index (κ1) is 23.7. The molecule has 0 saturated carbocycles. The molecule has 3 N–H and O–H groups in total. The van der Waals surface area contributed by atoms with Crippen molar-refractivity contribution in [1.82, 2.24) is 15.5 Å². The molecule has 32 heavy (non-hydrogen) atoms. The Morgan fingerprint density at radius 1 is 1.03 bits per heavy atom. The number of urea groups is 1. The molecule has 1 aliphatic rings. The number of hydrogen-bond acceptors (Lipinski definition) is 3. The molecule has 2 aromatic rings. The fourth-order valence-electron chi connectivity index (χ4n) is 3.90. The second-order valence-electron chi connectivity index (χ2n) is 8.32. The first-order chi connectivity index (χ1) is 15.5. The molecule has 1 saturated heterocycles. The minimum atomic E-state index is -0.640. The van der Waals surface area contributed by atoms with Crippen molar-refractivity contribution in [3.05, 3.63) is 65.5 Å². The summed E-state index contributed by atoms with van der Waals surface area (Å²) >= 11 is 0. The Morgan fingerprint density at radius 3 is 2.50 bits per heavy atom. The van der Waals surface area contributed by atoms with Crippen LogP contribution in [0.1, 0.15) is 50.2 Å². The second-order valence-corrected chi connectivity index (χ2v) is 8.32. The molecule has 3 amide bonds. The van der Waals surface area contributed by atoms with Gasteiger partial charge < -0.3 is 16.0 Å². The van der Waals surface area contributed by atoms with Crippen molar-refractivity contribution < 1.29 is 14.0 Å². The molecule has 0 radical (unpaired) electrons. The van der Waals surface area contributed by atoms with Crippen molar-refractivity contribution >= 4 is 17.6 Å². The quantitative estimate of drug-likeness (QED) is 0.541. The van der Waals surface area contributed by atoms with E-state index in [4.69, 9.17) is 0 Å². The fraction of sp³-hybridized carbons (Fsp3) is 0.440. The molecule has 3 rings (SSSR count). The van der Waals surface area contributed by atoms with E-state index in [9.17, 15) is 14.0 Å². The summed E-state index contributed by atoms with van der Waals surface area (Å²) in [5.74, 6) is -0.559. The summed E-state index contributed by atoms with van der Waals surface area (Å²) in [5.41, 5.74) is 2.68. The molecule has 2 aromatic carbocycles. The molecule has 6 nitrogen and oxygen atoms in total. The molecule has 1 atom stereocenters. The predicted octanol–water partition coefficient (Wildman–Crippen LogP) is 4.42. The van der Waals surface area contributed by atoms with E-state index in [-0.39, 0.29) is 18.3 Å².